The molecule has 1 aromatic carbocycles. The van der Waals surface area contributed by atoms with Gasteiger partial charge in [-0.1, -0.05) is 15.9 Å². The molecule has 5 rings (SSSR count). The number of fused-ring (bicyclic) bond motifs is 3. The van der Waals surface area contributed by atoms with Crippen LogP contribution in [0.2, 0.25) is 0 Å². The van der Waals surface area contributed by atoms with Crippen molar-refractivity contribution in [3.8, 4) is 0 Å². The maximum absolute atomic E-state index is 13.2. The van der Waals surface area contributed by atoms with Crippen LogP contribution in [0, 0.1) is 6.92 Å². The maximum Gasteiger partial charge on any atom is 0.405 e. The third-order valence-electron chi connectivity index (χ3n) is 5.78. The van der Waals surface area contributed by atoms with Crippen LogP contribution < -0.4 is 10.9 Å². The molecule has 0 spiro atoms. The van der Waals surface area contributed by atoms with Gasteiger partial charge in [-0.2, -0.15) is 0 Å². The Morgan fingerprint density at radius 1 is 1.33 bits per heavy atom. The summed E-state index contributed by atoms with van der Waals surface area (Å²) in [4.78, 5) is 42.4. The van der Waals surface area contributed by atoms with Crippen LogP contribution in [0.1, 0.15) is 36.8 Å². The lowest BCUT2D eigenvalue weighted by Gasteiger charge is -2.14. The minimum absolute atomic E-state index is 0.0885. The van der Waals surface area contributed by atoms with Gasteiger partial charge in [-0.05, 0) is 43.9 Å². The summed E-state index contributed by atoms with van der Waals surface area (Å²) in [6.07, 6.45) is 1.07. The van der Waals surface area contributed by atoms with Crippen molar-refractivity contribution in [3.63, 3.8) is 0 Å². The highest BCUT2D eigenvalue weighted by atomic mass is 79.9. The average molecular weight is 475 g/mol. The van der Waals surface area contributed by atoms with Gasteiger partial charge in [-0.25, -0.2) is 9.78 Å². The summed E-state index contributed by atoms with van der Waals surface area (Å²) in [5, 5.41) is 11.9. The molecule has 1 saturated heterocycles. The van der Waals surface area contributed by atoms with Crippen molar-refractivity contribution < 1.29 is 19.1 Å². The molecule has 9 nitrogen and oxygen atoms in total. The lowest BCUT2D eigenvalue weighted by atomic mass is 10.1. The van der Waals surface area contributed by atoms with Crippen molar-refractivity contribution in [1.82, 2.24) is 19.8 Å². The predicted molar refractivity (Wildman–Crippen MR) is 111 cm³/mol. The lowest BCUT2D eigenvalue weighted by Crippen LogP contribution is -2.40. The van der Waals surface area contributed by atoms with Crippen molar-refractivity contribution in [2.24, 2.45) is 0 Å². The van der Waals surface area contributed by atoms with Gasteiger partial charge in [0, 0.05) is 22.4 Å². The summed E-state index contributed by atoms with van der Waals surface area (Å²) < 4.78 is 8.70. The van der Waals surface area contributed by atoms with E-state index in [1.54, 1.807) is 0 Å². The monoisotopic (exact) mass is 474 g/mol. The summed E-state index contributed by atoms with van der Waals surface area (Å²) in [7, 11) is 0. The molecule has 1 aliphatic carbocycles. The van der Waals surface area contributed by atoms with Crippen LogP contribution in [0.25, 0.3) is 22.0 Å². The van der Waals surface area contributed by atoms with E-state index in [1.807, 2.05) is 23.6 Å². The van der Waals surface area contributed by atoms with Gasteiger partial charge in [0.2, 0.25) is 11.8 Å². The SMILES string of the molecule is Cc1c(Br)ccc2c3oc(CN4CC[C@H](NC(=O)O)C4=O)nc3c(=O)n(C3CC3)c12. The van der Waals surface area contributed by atoms with Gasteiger partial charge in [-0.3, -0.25) is 9.59 Å². The number of nitrogens with zero attached hydrogens (tertiary/aromatic N) is 3. The molecule has 3 heterocycles. The van der Waals surface area contributed by atoms with Gasteiger partial charge in [0.05, 0.1) is 12.1 Å². The molecule has 0 bridgehead atoms. The number of pyridine rings is 1. The van der Waals surface area contributed by atoms with E-state index < -0.39 is 12.1 Å². The molecule has 2 amide bonds. The Labute approximate surface area is 178 Å². The van der Waals surface area contributed by atoms with Gasteiger partial charge in [0.25, 0.3) is 5.56 Å². The van der Waals surface area contributed by atoms with Crippen LogP contribution in [0.5, 0.6) is 0 Å². The Morgan fingerprint density at radius 3 is 2.80 bits per heavy atom. The zero-order chi connectivity index (χ0) is 21.2. The molecular weight excluding hydrogens is 456 g/mol. The number of carboxylic acid groups (broad SMARTS) is 1. The van der Waals surface area contributed by atoms with Crippen molar-refractivity contribution in [3.05, 3.63) is 38.4 Å². The molecule has 0 unspecified atom stereocenters. The van der Waals surface area contributed by atoms with E-state index in [9.17, 15) is 14.4 Å². The predicted octanol–water partition coefficient (Wildman–Crippen LogP) is 2.92. The van der Waals surface area contributed by atoms with E-state index in [-0.39, 0.29) is 35.5 Å². The van der Waals surface area contributed by atoms with Crippen molar-refractivity contribution in [1.29, 1.82) is 0 Å². The minimum Gasteiger partial charge on any atom is -0.465 e. The third kappa shape index (κ3) is 2.97. The van der Waals surface area contributed by atoms with E-state index in [1.165, 1.54) is 4.90 Å². The van der Waals surface area contributed by atoms with Crippen molar-refractivity contribution in [2.75, 3.05) is 6.54 Å². The zero-order valence-electron chi connectivity index (χ0n) is 16.1. The molecular formula is C20H19BrN4O5. The molecule has 2 N–H and O–H groups in total. The quantitative estimate of drug-likeness (QED) is 0.599. The smallest absolute Gasteiger partial charge is 0.405 e. The largest absolute Gasteiger partial charge is 0.465 e. The van der Waals surface area contributed by atoms with E-state index in [0.717, 1.165) is 33.8 Å². The second-order valence-corrected chi connectivity index (χ2v) is 8.67. The van der Waals surface area contributed by atoms with Crippen LogP contribution in [-0.2, 0) is 11.3 Å². The highest BCUT2D eigenvalue weighted by Crippen LogP contribution is 2.39. The highest BCUT2D eigenvalue weighted by Gasteiger charge is 2.34. The molecule has 1 saturated carbocycles. The summed E-state index contributed by atoms with van der Waals surface area (Å²) in [5.74, 6) is -0.0541. The number of halogens is 1. The molecule has 3 aromatic rings. The van der Waals surface area contributed by atoms with Gasteiger partial charge in [-0.15, -0.1) is 0 Å². The summed E-state index contributed by atoms with van der Waals surface area (Å²) in [6, 6.07) is 3.24. The van der Waals surface area contributed by atoms with E-state index in [4.69, 9.17) is 9.52 Å². The molecule has 30 heavy (non-hydrogen) atoms. The topological polar surface area (TPSA) is 118 Å². The number of carbonyl (C=O) groups is 2. The molecule has 0 radical (unpaired) electrons. The number of benzene rings is 1. The zero-order valence-corrected chi connectivity index (χ0v) is 17.7. The normalized spacial score (nSPS) is 19.2. The first-order valence-electron chi connectivity index (χ1n) is 9.76. The standard InChI is InChI=1S/C20H19BrN4O5/c1-9-12(21)5-4-11-16(9)25(10-2-3-10)19(27)15-17(11)30-14(23-15)8-24-7-6-13(18(24)26)22-20(28)29/h4-5,10,13,22H,2-3,6-8H2,1H3,(H,28,29)/t13-/m0/s1. The van der Waals surface area contributed by atoms with Crippen LogP contribution in [0.15, 0.2) is 25.8 Å². The maximum atomic E-state index is 13.2. The van der Waals surface area contributed by atoms with Crippen LogP contribution in [-0.4, -0.2) is 44.1 Å². The van der Waals surface area contributed by atoms with E-state index in [2.05, 4.69) is 26.2 Å². The Kier molecular flexibility index (Phi) is 4.35. The van der Waals surface area contributed by atoms with Gasteiger partial charge >= 0.3 is 6.09 Å². The second kappa shape index (κ2) is 6.83. The number of hydrogen-bond donors (Lipinski definition) is 2. The Hall–Kier alpha value is -2.88. The van der Waals surface area contributed by atoms with Crippen LogP contribution in [0.3, 0.4) is 0 Å². The number of aryl methyl sites for hydroxylation is 1. The number of likely N-dealkylation sites (tertiary alicyclic amines) is 1. The van der Waals surface area contributed by atoms with Crippen molar-refractivity contribution >= 4 is 49.9 Å². The Balaban J connectivity index is 1.58. The van der Waals surface area contributed by atoms with E-state index in [0.29, 0.717) is 18.5 Å². The molecule has 2 aliphatic rings. The van der Waals surface area contributed by atoms with Gasteiger partial charge < -0.3 is 24.3 Å². The fourth-order valence-corrected chi connectivity index (χ4v) is 4.49. The molecule has 1 atom stereocenters. The number of oxazole rings is 1. The fraction of sp³-hybridized carbons (Fsp3) is 0.400. The first kappa shape index (κ1) is 19.1. The van der Waals surface area contributed by atoms with Crippen LogP contribution >= 0.6 is 15.9 Å². The van der Waals surface area contributed by atoms with E-state index >= 15 is 0 Å². The summed E-state index contributed by atoms with van der Waals surface area (Å²) >= 11 is 3.55. The third-order valence-corrected chi connectivity index (χ3v) is 6.64. The fourth-order valence-electron chi connectivity index (χ4n) is 4.17. The number of amides is 2. The molecule has 10 heteroatoms. The number of nitrogens with one attached hydrogen (secondary N) is 1. The minimum atomic E-state index is -1.23. The molecule has 156 valence electrons. The van der Waals surface area contributed by atoms with Gasteiger partial charge in [0.1, 0.15) is 6.04 Å². The van der Waals surface area contributed by atoms with Crippen molar-refractivity contribution in [2.45, 2.75) is 44.8 Å². The Morgan fingerprint density at radius 2 is 2.10 bits per heavy atom. The first-order valence-corrected chi connectivity index (χ1v) is 10.6. The summed E-state index contributed by atoms with van der Waals surface area (Å²) in [6.45, 7) is 2.44. The lowest BCUT2D eigenvalue weighted by molar-refractivity contribution is -0.130. The number of carbonyl (C=O) groups excluding carboxylic acids is 1. The second-order valence-electron chi connectivity index (χ2n) is 7.81. The number of hydrogen-bond acceptors (Lipinski definition) is 5. The van der Waals surface area contributed by atoms with Crippen LogP contribution in [0.4, 0.5) is 4.79 Å². The first-order chi connectivity index (χ1) is 14.3. The number of aromatic nitrogens is 2. The molecule has 2 aromatic heterocycles. The highest BCUT2D eigenvalue weighted by molar-refractivity contribution is 9.10. The molecule has 2 fully saturated rings. The average Bonchev–Trinajstić information content (AvgIpc) is 3.36. The Bertz CT molecular complexity index is 1280. The summed E-state index contributed by atoms with van der Waals surface area (Å²) in [5.41, 5.74) is 2.31. The van der Waals surface area contributed by atoms with Gasteiger partial charge in [0.15, 0.2) is 11.1 Å². The molecule has 1 aliphatic heterocycles. The number of rotatable bonds is 4.